The van der Waals surface area contributed by atoms with Crippen LogP contribution in [-0.4, -0.2) is 48.5 Å². The van der Waals surface area contributed by atoms with Crippen LogP contribution in [0.15, 0.2) is 10.0 Å². The first kappa shape index (κ1) is 26.6. The van der Waals surface area contributed by atoms with Crippen molar-refractivity contribution in [3.8, 4) is 5.75 Å². The van der Waals surface area contributed by atoms with Crippen LogP contribution >= 0.6 is 0 Å². The zero-order valence-corrected chi connectivity index (χ0v) is 17.2. The molecule has 0 bridgehead atoms. The van der Waals surface area contributed by atoms with Crippen molar-refractivity contribution in [1.29, 1.82) is 0 Å². The molecule has 0 atom stereocenters. The predicted molar refractivity (Wildman–Crippen MR) is 81.9 cm³/mol. The molecule has 0 aliphatic carbocycles. The molecule has 0 amide bonds. The van der Waals surface area contributed by atoms with Gasteiger partial charge in [0.1, 0.15) is 11.3 Å². The van der Waals surface area contributed by atoms with Gasteiger partial charge in [-0.05, 0) is 5.53 Å². The van der Waals surface area contributed by atoms with E-state index in [1.165, 1.54) is 0 Å². The molecule has 161 valence electrons. The number of azide groups is 1. The molecule has 18 heteroatoms. The smallest absolute Gasteiger partial charge is 0.349 e. The van der Waals surface area contributed by atoms with Crippen molar-refractivity contribution in [2.24, 2.45) is 5.11 Å². The Kier molecular flexibility index (Phi) is 8.04. The molecule has 1 radical (unpaired) electrons. The summed E-state index contributed by atoms with van der Waals surface area (Å²) >= 11 is 0. The van der Waals surface area contributed by atoms with Crippen molar-refractivity contribution < 1.29 is 57.6 Å². The monoisotopic (exact) mass is 486 g/mol. The summed E-state index contributed by atoms with van der Waals surface area (Å²) in [4.78, 5) is 11.1. The fourth-order valence-corrected chi connectivity index (χ4v) is 2.62. The van der Waals surface area contributed by atoms with Crippen LogP contribution in [-0.2, 0) is 10.1 Å². The summed E-state index contributed by atoms with van der Waals surface area (Å²) in [6.07, 6.45) is 0. The standard InChI is InChI=1S/C13HF8N3O5S.Na/c14-2-1(3(15)5(17)10(4(2)16)23-24-22)13(25)29-11-6(18)8(20)12(30(26,27)28)9(21)7(11)19;/h(H,26,27,28);. The number of nitrogens with zero attached hydrogens (tertiary/aromatic N) is 3. The Morgan fingerprint density at radius 1 is 0.839 bits per heavy atom. The summed E-state index contributed by atoms with van der Waals surface area (Å²) in [6.45, 7) is 0. The number of hydrogen-bond acceptors (Lipinski definition) is 5. The number of esters is 1. The molecule has 0 fully saturated rings. The quantitative estimate of drug-likeness (QED) is 0.0809. The van der Waals surface area contributed by atoms with E-state index in [1.54, 1.807) is 0 Å². The number of benzene rings is 2. The summed E-state index contributed by atoms with van der Waals surface area (Å²) in [7, 11) is -5.87. The molecule has 2 rings (SSSR count). The number of carbonyl (C=O) groups excluding carboxylic acids is 1. The third kappa shape index (κ3) is 4.60. The van der Waals surface area contributed by atoms with Gasteiger partial charge in [-0.15, -0.1) is 0 Å². The van der Waals surface area contributed by atoms with Gasteiger partial charge in [0.2, 0.25) is 17.4 Å². The van der Waals surface area contributed by atoms with E-state index in [4.69, 9.17) is 10.1 Å². The number of ether oxygens (including phenoxy) is 1. The average molecular weight is 486 g/mol. The van der Waals surface area contributed by atoms with Gasteiger partial charge in [0.15, 0.2) is 39.8 Å². The van der Waals surface area contributed by atoms with Gasteiger partial charge in [-0.1, -0.05) is 5.11 Å². The van der Waals surface area contributed by atoms with Crippen molar-refractivity contribution >= 4 is 51.3 Å². The van der Waals surface area contributed by atoms with Gasteiger partial charge in [-0.2, -0.15) is 17.2 Å². The van der Waals surface area contributed by atoms with Crippen LogP contribution in [0.4, 0.5) is 40.8 Å². The van der Waals surface area contributed by atoms with Crippen molar-refractivity contribution in [2.75, 3.05) is 0 Å². The molecule has 1 N–H and O–H groups in total. The van der Waals surface area contributed by atoms with Crippen molar-refractivity contribution in [3.05, 3.63) is 62.5 Å². The van der Waals surface area contributed by atoms with E-state index >= 15 is 0 Å². The van der Waals surface area contributed by atoms with Gasteiger partial charge in [0.05, 0.1) is 0 Å². The summed E-state index contributed by atoms with van der Waals surface area (Å²) in [6, 6.07) is 0. The van der Waals surface area contributed by atoms with Gasteiger partial charge < -0.3 is 4.74 Å². The maximum absolute atomic E-state index is 13.8. The minimum absolute atomic E-state index is 0. The first-order valence-corrected chi connectivity index (χ1v) is 8.16. The molecule has 0 heterocycles. The second-order valence-electron chi connectivity index (χ2n) is 4.95. The first-order valence-electron chi connectivity index (χ1n) is 6.72. The van der Waals surface area contributed by atoms with Crippen molar-refractivity contribution in [2.45, 2.75) is 4.90 Å². The van der Waals surface area contributed by atoms with E-state index in [-0.39, 0.29) is 29.6 Å². The molecule has 31 heavy (non-hydrogen) atoms. The Hall–Kier alpha value is -2.43. The van der Waals surface area contributed by atoms with Crippen molar-refractivity contribution in [3.63, 3.8) is 0 Å². The van der Waals surface area contributed by atoms with E-state index in [0.717, 1.165) is 0 Å². The average Bonchev–Trinajstić information content (AvgIpc) is 2.64. The molecule has 0 unspecified atom stereocenters. The normalized spacial score (nSPS) is 10.9. The molecule has 0 spiro atoms. The number of rotatable bonds is 4. The Bertz CT molecular complexity index is 1210. The third-order valence-corrected chi connectivity index (χ3v) is 4.10. The van der Waals surface area contributed by atoms with Crippen LogP contribution in [0, 0.1) is 46.5 Å². The number of hydrogen-bond donors (Lipinski definition) is 1. The fraction of sp³-hybridized carbons (Fsp3) is 0. The molecule has 2 aromatic carbocycles. The molecule has 0 saturated heterocycles. The van der Waals surface area contributed by atoms with Gasteiger partial charge >= 0.3 is 16.1 Å². The van der Waals surface area contributed by atoms with Crippen LogP contribution < -0.4 is 4.74 Å². The van der Waals surface area contributed by atoms with E-state index < -0.39 is 84.5 Å². The Morgan fingerprint density at radius 3 is 1.61 bits per heavy atom. The maximum atomic E-state index is 13.8. The molecule has 8 nitrogen and oxygen atoms in total. The van der Waals surface area contributed by atoms with Gasteiger partial charge in [-0.25, -0.2) is 31.1 Å². The minimum Gasteiger partial charge on any atom is -0.416 e. The van der Waals surface area contributed by atoms with Crippen LogP contribution in [0.5, 0.6) is 5.75 Å². The SMILES string of the molecule is [N-]=[N+]=Nc1c(F)c(F)c(C(=O)Oc2c(F)c(F)c(S(=O)(=O)O)c(F)c2F)c(F)c1F.[Na]. The Balaban J connectivity index is 0.00000480. The molecule has 0 aliphatic heterocycles. The van der Waals surface area contributed by atoms with Gasteiger partial charge in [0, 0.05) is 34.5 Å². The molecule has 0 aliphatic rings. The van der Waals surface area contributed by atoms with Gasteiger partial charge in [0.25, 0.3) is 0 Å². The van der Waals surface area contributed by atoms with Crippen LogP contribution in [0.25, 0.3) is 10.4 Å². The second kappa shape index (κ2) is 9.37. The van der Waals surface area contributed by atoms with E-state index in [1.807, 2.05) is 4.91 Å². The summed E-state index contributed by atoms with van der Waals surface area (Å²) in [5, 5.41) is 2.29. The topological polar surface area (TPSA) is 129 Å². The maximum Gasteiger partial charge on any atom is 0.349 e. The van der Waals surface area contributed by atoms with Crippen LogP contribution in [0.1, 0.15) is 10.4 Å². The van der Waals surface area contributed by atoms with E-state index in [2.05, 4.69) is 9.85 Å². The summed E-state index contributed by atoms with van der Waals surface area (Å²) in [5.74, 6) is -26.2. The number of halogens is 8. The van der Waals surface area contributed by atoms with Crippen molar-refractivity contribution in [1.82, 2.24) is 0 Å². The molecular weight excluding hydrogens is 485 g/mol. The zero-order chi connectivity index (χ0) is 23.1. The second-order valence-corrected chi connectivity index (χ2v) is 6.31. The van der Waals surface area contributed by atoms with Gasteiger partial charge in [-0.3, -0.25) is 4.55 Å². The fourth-order valence-electron chi connectivity index (χ4n) is 1.98. The van der Waals surface area contributed by atoms with Crippen LogP contribution in [0.3, 0.4) is 0 Å². The minimum atomic E-state index is -5.87. The molecular formula is C13HF8N3NaO5S. The summed E-state index contributed by atoms with van der Waals surface area (Å²) < 4.78 is 144. The third-order valence-electron chi connectivity index (χ3n) is 3.22. The number of carbonyl (C=O) groups is 1. The van der Waals surface area contributed by atoms with E-state index in [0.29, 0.717) is 0 Å². The Morgan fingerprint density at radius 2 is 1.26 bits per heavy atom. The summed E-state index contributed by atoms with van der Waals surface area (Å²) in [5.41, 5.74) is 3.93. The predicted octanol–water partition coefficient (Wildman–Crippen LogP) is 3.83. The molecule has 2 aromatic rings. The molecule has 0 saturated carbocycles. The Labute approximate surface area is 187 Å². The van der Waals surface area contributed by atoms with E-state index in [9.17, 15) is 48.3 Å². The van der Waals surface area contributed by atoms with Crippen LogP contribution in [0.2, 0.25) is 0 Å². The zero-order valence-electron chi connectivity index (χ0n) is 14.4. The molecule has 0 aromatic heterocycles. The first-order chi connectivity index (χ1) is 13.8. The largest absolute Gasteiger partial charge is 0.416 e.